The van der Waals surface area contributed by atoms with Gasteiger partial charge in [-0.05, 0) is 48.5 Å². The van der Waals surface area contributed by atoms with E-state index in [0.717, 1.165) is 17.4 Å². The number of aryl methyl sites for hydroxylation is 2. The fourth-order valence-corrected chi connectivity index (χ4v) is 3.66. The summed E-state index contributed by atoms with van der Waals surface area (Å²) >= 11 is 5.47. The maximum Gasteiger partial charge on any atom is 0.0851 e. The van der Waals surface area contributed by atoms with Gasteiger partial charge in [0.2, 0.25) is 0 Å². The summed E-state index contributed by atoms with van der Waals surface area (Å²) in [5.41, 5.74) is 1.20. The number of nitrogens with one attached hydrogen (secondary N) is 1. The molecule has 0 amide bonds. The number of nitrogens with zero attached hydrogens (tertiary/aromatic N) is 2. The van der Waals surface area contributed by atoms with Crippen molar-refractivity contribution in [3.05, 3.63) is 38.3 Å². The van der Waals surface area contributed by atoms with Crippen molar-refractivity contribution < 1.29 is 0 Å². The standard InChI is InChI=1S/C13H18BrN3S/c1-4-9-6-7-11(18-9)12(15-3)13-10(14)8-16-17(13)5-2/h6-8,12,15H,4-5H2,1-3H3. The molecule has 5 heteroatoms. The first-order valence-electron chi connectivity index (χ1n) is 6.18. The number of hydrogen-bond donors (Lipinski definition) is 1. The molecule has 2 rings (SSSR count). The third kappa shape index (κ3) is 2.53. The normalized spacial score (nSPS) is 12.9. The molecule has 0 saturated carbocycles. The number of rotatable bonds is 5. The van der Waals surface area contributed by atoms with Crippen LogP contribution >= 0.6 is 27.3 Å². The Morgan fingerprint density at radius 3 is 2.78 bits per heavy atom. The number of aromatic nitrogens is 2. The highest BCUT2D eigenvalue weighted by atomic mass is 79.9. The fraction of sp³-hybridized carbons (Fsp3) is 0.462. The van der Waals surface area contributed by atoms with Gasteiger partial charge in [0, 0.05) is 16.3 Å². The molecule has 0 saturated heterocycles. The highest BCUT2D eigenvalue weighted by molar-refractivity contribution is 9.10. The molecular weight excluding hydrogens is 310 g/mol. The number of hydrogen-bond acceptors (Lipinski definition) is 3. The van der Waals surface area contributed by atoms with E-state index in [1.165, 1.54) is 15.4 Å². The van der Waals surface area contributed by atoms with Gasteiger partial charge in [-0.3, -0.25) is 4.68 Å². The van der Waals surface area contributed by atoms with E-state index in [9.17, 15) is 0 Å². The Labute approximate surface area is 120 Å². The molecule has 1 atom stereocenters. The van der Waals surface area contributed by atoms with E-state index in [4.69, 9.17) is 0 Å². The van der Waals surface area contributed by atoms with E-state index in [1.54, 1.807) is 0 Å². The minimum absolute atomic E-state index is 0.201. The first-order chi connectivity index (χ1) is 8.71. The van der Waals surface area contributed by atoms with Crippen molar-refractivity contribution in [1.29, 1.82) is 0 Å². The smallest absolute Gasteiger partial charge is 0.0851 e. The molecule has 0 fully saturated rings. The summed E-state index contributed by atoms with van der Waals surface area (Å²) in [6.07, 6.45) is 2.97. The molecule has 0 radical (unpaired) electrons. The highest BCUT2D eigenvalue weighted by Gasteiger charge is 2.21. The molecule has 3 nitrogen and oxygen atoms in total. The average molecular weight is 328 g/mol. The summed E-state index contributed by atoms with van der Waals surface area (Å²) in [7, 11) is 2.00. The van der Waals surface area contributed by atoms with Crippen LogP contribution in [0.15, 0.2) is 22.8 Å². The van der Waals surface area contributed by atoms with Crippen LogP contribution in [0, 0.1) is 0 Å². The van der Waals surface area contributed by atoms with Crippen molar-refractivity contribution >= 4 is 27.3 Å². The van der Waals surface area contributed by atoms with Crippen LogP contribution < -0.4 is 5.32 Å². The molecule has 2 aromatic heterocycles. The fourth-order valence-electron chi connectivity index (χ4n) is 2.06. The van der Waals surface area contributed by atoms with Gasteiger partial charge in [0.25, 0.3) is 0 Å². The van der Waals surface area contributed by atoms with Crippen LogP contribution in [-0.2, 0) is 13.0 Å². The molecule has 0 bridgehead atoms. The average Bonchev–Trinajstić information content (AvgIpc) is 2.99. The topological polar surface area (TPSA) is 29.9 Å². The Kier molecular flexibility index (Phi) is 4.59. The zero-order valence-electron chi connectivity index (χ0n) is 10.9. The zero-order valence-corrected chi connectivity index (χ0v) is 13.3. The second-order valence-corrected chi connectivity index (χ2v) is 6.13. The molecule has 0 aliphatic heterocycles. The summed E-state index contributed by atoms with van der Waals surface area (Å²) in [4.78, 5) is 2.76. The Morgan fingerprint density at radius 2 is 2.22 bits per heavy atom. The van der Waals surface area contributed by atoms with Crippen molar-refractivity contribution in [3.8, 4) is 0 Å². The molecular formula is C13H18BrN3S. The van der Waals surface area contributed by atoms with Gasteiger partial charge in [-0.15, -0.1) is 11.3 Å². The summed E-state index contributed by atoms with van der Waals surface area (Å²) in [5.74, 6) is 0. The molecule has 2 heterocycles. The van der Waals surface area contributed by atoms with Gasteiger partial charge in [0.15, 0.2) is 0 Å². The van der Waals surface area contributed by atoms with E-state index < -0.39 is 0 Å². The molecule has 0 aliphatic rings. The first kappa shape index (κ1) is 13.8. The van der Waals surface area contributed by atoms with E-state index in [0.29, 0.717) is 0 Å². The van der Waals surface area contributed by atoms with Gasteiger partial charge in [0.1, 0.15) is 0 Å². The monoisotopic (exact) mass is 327 g/mol. The second-order valence-electron chi connectivity index (χ2n) is 4.07. The van der Waals surface area contributed by atoms with Crippen molar-refractivity contribution in [1.82, 2.24) is 15.1 Å². The van der Waals surface area contributed by atoms with Crippen molar-refractivity contribution in [2.24, 2.45) is 0 Å². The highest BCUT2D eigenvalue weighted by Crippen LogP contribution is 2.32. The largest absolute Gasteiger partial charge is 0.307 e. The van der Waals surface area contributed by atoms with Gasteiger partial charge in [-0.1, -0.05) is 6.92 Å². The van der Waals surface area contributed by atoms with Gasteiger partial charge < -0.3 is 5.32 Å². The van der Waals surface area contributed by atoms with Crippen LogP contribution in [0.1, 0.15) is 35.3 Å². The van der Waals surface area contributed by atoms with E-state index in [1.807, 2.05) is 29.3 Å². The lowest BCUT2D eigenvalue weighted by atomic mass is 10.1. The van der Waals surface area contributed by atoms with Crippen LogP contribution in [0.25, 0.3) is 0 Å². The molecule has 18 heavy (non-hydrogen) atoms. The third-order valence-corrected chi connectivity index (χ3v) is 4.92. The first-order valence-corrected chi connectivity index (χ1v) is 7.79. The summed E-state index contributed by atoms with van der Waals surface area (Å²) in [6, 6.07) is 4.63. The molecule has 1 unspecified atom stereocenters. The maximum absolute atomic E-state index is 4.39. The van der Waals surface area contributed by atoms with Crippen LogP contribution in [0.2, 0.25) is 0 Å². The predicted molar refractivity (Wildman–Crippen MR) is 80.2 cm³/mol. The van der Waals surface area contributed by atoms with E-state index in [-0.39, 0.29) is 6.04 Å². The SMILES string of the molecule is CCc1ccc(C(NC)c2c(Br)cnn2CC)s1. The van der Waals surface area contributed by atoms with E-state index >= 15 is 0 Å². The number of halogens is 1. The van der Waals surface area contributed by atoms with Crippen LogP contribution in [-0.4, -0.2) is 16.8 Å². The van der Waals surface area contributed by atoms with Gasteiger partial charge in [-0.25, -0.2) is 0 Å². The number of thiophene rings is 1. The van der Waals surface area contributed by atoms with Crippen LogP contribution in [0.3, 0.4) is 0 Å². The quantitative estimate of drug-likeness (QED) is 0.909. The molecule has 0 aromatic carbocycles. The minimum atomic E-state index is 0.201. The predicted octanol–water partition coefficient (Wildman–Crippen LogP) is 3.60. The second kappa shape index (κ2) is 5.99. The summed E-state index contributed by atoms with van der Waals surface area (Å²) in [6.45, 7) is 5.18. The maximum atomic E-state index is 4.39. The third-order valence-electron chi connectivity index (χ3n) is 3.01. The Bertz CT molecular complexity index is 518. The van der Waals surface area contributed by atoms with Crippen molar-refractivity contribution in [2.75, 3.05) is 7.05 Å². The summed E-state index contributed by atoms with van der Waals surface area (Å²) < 4.78 is 3.10. The Hall–Kier alpha value is -0.650. The van der Waals surface area contributed by atoms with Crippen molar-refractivity contribution in [3.63, 3.8) is 0 Å². The lowest BCUT2D eigenvalue weighted by molar-refractivity contribution is 0.566. The van der Waals surface area contributed by atoms with Crippen LogP contribution in [0.5, 0.6) is 0 Å². The minimum Gasteiger partial charge on any atom is -0.307 e. The van der Waals surface area contributed by atoms with Crippen molar-refractivity contribution in [2.45, 2.75) is 32.9 Å². The van der Waals surface area contributed by atoms with Crippen LogP contribution in [0.4, 0.5) is 0 Å². The Balaban J connectivity index is 2.41. The van der Waals surface area contributed by atoms with E-state index in [2.05, 4.69) is 52.3 Å². The molecule has 1 N–H and O–H groups in total. The molecule has 2 aromatic rings. The molecule has 98 valence electrons. The molecule has 0 spiro atoms. The lowest BCUT2D eigenvalue weighted by Crippen LogP contribution is -2.20. The van der Waals surface area contributed by atoms with Gasteiger partial charge in [0.05, 0.1) is 22.4 Å². The zero-order chi connectivity index (χ0) is 13.1. The van der Waals surface area contributed by atoms with Gasteiger partial charge >= 0.3 is 0 Å². The summed E-state index contributed by atoms with van der Waals surface area (Å²) in [5, 5.41) is 7.78. The molecule has 0 aliphatic carbocycles. The lowest BCUT2D eigenvalue weighted by Gasteiger charge is -2.17. The Morgan fingerprint density at radius 1 is 1.44 bits per heavy atom. The van der Waals surface area contributed by atoms with Gasteiger partial charge in [-0.2, -0.15) is 5.10 Å².